The molecule has 0 bridgehead atoms. The number of benzene rings is 2. The van der Waals surface area contributed by atoms with Crippen molar-refractivity contribution in [3.05, 3.63) is 48.5 Å². The summed E-state index contributed by atoms with van der Waals surface area (Å²) in [6.07, 6.45) is 0. The van der Waals surface area contributed by atoms with Gasteiger partial charge in [0.1, 0.15) is 0 Å². The average molecular weight is 429 g/mol. The maximum absolute atomic E-state index is 12.9. The molecule has 0 unspecified atom stereocenters. The predicted octanol–water partition coefficient (Wildman–Crippen LogP) is 1.38. The van der Waals surface area contributed by atoms with Crippen LogP contribution in [0.15, 0.2) is 53.4 Å². The summed E-state index contributed by atoms with van der Waals surface area (Å²) in [6.45, 7) is 3.39. The SMILES string of the molecule is O=C(C1CN(S(=O)(=O)c2ccc3c(c2)OCO3)C1)N1CCN(c2ccccc2)CC1. The molecule has 3 aliphatic heterocycles. The summed E-state index contributed by atoms with van der Waals surface area (Å²) in [5.41, 5.74) is 1.16. The van der Waals surface area contributed by atoms with Crippen molar-refractivity contribution in [1.82, 2.24) is 9.21 Å². The molecule has 2 aromatic rings. The number of rotatable bonds is 4. The Hall–Kier alpha value is -2.78. The molecule has 9 heteroatoms. The number of carbonyl (C=O) groups is 1. The van der Waals surface area contributed by atoms with E-state index in [0.717, 1.165) is 18.8 Å². The number of amides is 1. The normalized spacial score (nSPS) is 19.6. The summed E-state index contributed by atoms with van der Waals surface area (Å²) in [4.78, 5) is 17.1. The van der Waals surface area contributed by atoms with Gasteiger partial charge in [0.15, 0.2) is 11.5 Å². The minimum atomic E-state index is -3.65. The minimum Gasteiger partial charge on any atom is -0.454 e. The highest BCUT2D eigenvalue weighted by molar-refractivity contribution is 7.89. The summed E-state index contributed by atoms with van der Waals surface area (Å²) in [6, 6.07) is 14.8. The van der Waals surface area contributed by atoms with Gasteiger partial charge in [-0.15, -0.1) is 0 Å². The van der Waals surface area contributed by atoms with Crippen LogP contribution in [0, 0.1) is 5.92 Å². The van der Waals surface area contributed by atoms with Crippen LogP contribution in [-0.2, 0) is 14.8 Å². The Morgan fingerprint density at radius 1 is 0.900 bits per heavy atom. The van der Waals surface area contributed by atoms with Crippen molar-refractivity contribution >= 4 is 21.6 Å². The molecule has 0 atom stereocenters. The van der Waals surface area contributed by atoms with Gasteiger partial charge in [-0.05, 0) is 24.3 Å². The maximum Gasteiger partial charge on any atom is 0.243 e. The summed E-state index contributed by atoms with van der Waals surface area (Å²) >= 11 is 0. The van der Waals surface area contributed by atoms with Gasteiger partial charge in [0.05, 0.1) is 10.8 Å². The fourth-order valence-corrected chi connectivity index (χ4v) is 5.61. The molecule has 0 aliphatic carbocycles. The highest BCUT2D eigenvalue weighted by atomic mass is 32.2. The van der Waals surface area contributed by atoms with Gasteiger partial charge >= 0.3 is 0 Å². The smallest absolute Gasteiger partial charge is 0.243 e. The molecule has 0 N–H and O–H groups in total. The quantitative estimate of drug-likeness (QED) is 0.731. The Balaban J connectivity index is 1.17. The number of ether oxygens (including phenoxy) is 2. The molecule has 2 fully saturated rings. The van der Waals surface area contributed by atoms with Crippen LogP contribution in [-0.4, -0.2) is 69.6 Å². The second kappa shape index (κ2) is 7.48. The van der Waals surface area contributed by atoms with Crippen LogP contribution >= 0.6 is 0 Å². The number of hydrogen-bond acceptors (Lipinski definition) is 6. The van der Waals surface area contributed by atoms with Crippen LogP contribution in [0.3, 0.4) is 0 Å². The van der Waals surface area contributed by atoms with Gasteiger partial charge in [-0.1, -0.05) is 18.2 Å². The monoisotopic (exact) mass is 429 g/mol. The van der Waals surface area contributed by atoms with Crippen molar-refractivity contribution in [2.75, 3.05) is 51.0 Å². The van der Waals surface area contributed by atoms with Crippen molar-refractivity contribution in [2.45, 2.75) is 4.90 Å². The van der Waals surface area contributed by atoms with Gasteiger partial charge in [0, 0.05) is 51.0 Å². The van der Waals surface area contributed by atoms with Crippen LogP contribution in [0.1, 0.15) is 0 Å². The maximum atomic E-state index is 12.9. The predicted molar refractivity (Wildman–Crippen MR) is 110 cm³/mol. The number of nitrogens with zero attached hydrogens (tertiary/aromatic N) is 3. The van der Waals surface area contributed by atoms with Gasteiger partial charge in [0.25, 0.3) is 0 Å². The molecule has 30 heavy (non-hydrogen) atoms. The standard InChI is InChI=1S/C21H23N3O5S/c25-21(23-10-8-22(9-11-23)17-4-2-1-3-5-17)16-13-24(14-16)30(26,27)18-6-7-19-20(12-18)29-15-28-19/h1-7,12,16H,8-11,13-15H2. The van der Waals surface area contributed by atoms with Gasteiger partial charge < -0.3 is 19.3 Å². The zero-order valence-corrected chi connectivity index (χ0v) is 17.3. The molecule has 1 amide bonds. The van der Waals surface area contributed by atoms with Crippen molar-refractivity contribution in [3.8, 4) is 11.5 Å². The van der Waals surface area contributed by atoms with E-state index in [9.17, 15) is 13.2 Å². The number of piperazine rings is 1. The molecule has 0 saturated carbocycles. The number of carbonyl (C=O) groups excluding carboxylic acids is 1. The van der Waals surface area contributed by atoms with Crippen LogP contribution in [0.2, 0.25) is 0 Å². The van der Waals surface area contributed by atoms with Crippen molar-refractivity contribution in [2.24, 2.45) is 5.92 Å². The molecule has 0 radical (unpaired) electrons. The van der Waals surface area contributed by atoms with Crippen LogP contribution in [0.25, 0.3) is 0 Å². The number of fused-ring (bicyclic) bond motifs is 1. The van der Waals surface area contributed by atoms with E-state index in [-0.39, 0.29) is 36.6 Å². The van der Waals surface area contributed by atoms with Crippen LogP contribution < -0.4 is 14.4 Å². The lowest BCUT2D eigenvalue weighted by molar-refractivity contribution is -0.139. The van der Waals surface area contributed by atoms with E-state index in [2.05, 4.69) is 17.0 Å². The second-order valence-electron chi connectivity index (χ2n) is 7.68. The molecule has 2 aromatic carbocycles. The molecular formula is C21H23N3O5S. The molecule has 0 spiro atoms. The summed E-state index contributed by atoms with van der Waals surface area (Å²) in [7, 11) is -3.65. The second-order valence-corrected chi connectivity index (χ2v) is 9.62. The van der Waals surface area contributed by atoms with E-state index in [0.29, 0.717) is 24.6 Å². The third kappa shape index (κ3) is 3.37. The lowest BCUT2D eigenvalue weighted by atomic mass is 10.0. The number of para-hydroxylation sites is 1. The van der Waals surface area contributed by atoms with E-state index in [4.69, 9.17) is 9.47 Å². The topological polar surface area (TPSA) is 79.4 Å². The third-order valence-corrected chi connectivity index (χ3v) is 7.72. The number of anilines is 1. The minimum absolute atomic E-state index is 0.0415. The molecule has 8 nitrogen and oxygen atoms in total. The molecule has 0 aromatic heterocycles. The Morgan fingerprint density at radius 3 is 2.33 bits per heavy atom. The van der Waals surface area contributed by atoms with Gasteiger partial charge in [0.2, 0.25) is 22.7 Å². The van der Waals surface area contributed by atoms with E-state index < -0.39 is 10.0 Å². The summed E-state index contributed by atoms with van der Waals surface area (Å²) < 4.78 is 37.6. The zero-order valence-electron chi connectivity index (χ0n) is 16.4. The first-order valence-corrected chi connectivity index (χ1v) is 11.4. The van der Waals surface area contributed by atoms with Gasteiger partial charge in [-0.25, -0.2) is 8.42 Å². The average Bonchev–Trinajstić information content (AvgIpc) is 3.21. The molecule has 3 aliphatic rings. The number of sulfonamides is 1. The van der Waals surface area contributed by atoms with Crippen molar-refractivity contribution in [3.63, 3.8) is 0 Å². The molecule has 3 heterocycles. The van der Waals surface area contributed by atoms with E-state index in [1.54, 1.807) is 6.07 Å². The first-order valence-electron chi connectivity index (χ1n) is 10.0. The highest BCUT2D eigenvalue weighted by Gasteiger charge is 2.42. The highest BCUT2D eigenvalue weighted by Crippen LogP contribution is 2.36. The fraction of sp³-hybridized carbons (Fsp3) is 0.381. The summed E-state index contributed by atoms with van der Waals surface area (Å²) in [5, 5.41) is 0. The molecule has 2 saturated heterocycles. The Kier molecular flexibility index (Phi) is 4.79. The van der Waals surface area contributed by atoms with E-state index >= 15 is 0 Å². The lowest BCUT2D eigenvalue weighted by Gasteiger charge is -2.42. The van der Waals surface area contributed by atoms with Crippen LogP contribution in [0.4, 0.5) is 5.69 Å². The summed E-state index contributed by atoms with van der Waals surface area (Å²) in [5.74, 6) is 0.734. The zero-order chi connectivity index (χ0) is 20.7. The Morgan fingerprint density at radius 2 is 1.60 bits per heavy atom. The van der Waals surface area contributed by atoms with E-state index in [1.165, 1.54) is 16.4 Å². The third-order valence-electron chi connectivity index (χ3n) is 5.89. The molecular weight excluding hydrogens is 406 g/mol. The molecule has 158 valence electrons. The van der Waals surface area contributed by atoms with Gasteiger partial charge in [-0.2, -0.15) is 4.31 Å². The lowest BCUT2D eigenvalue weighted by Crippen LogP contribution is -2.59. The first-order chi connectivity index (χ1) is 14.5. The van der Waals surface area contributed by atoms with E-state index in [1.807, 2.05) is 23.1 Å². The fourth-order valence-electron chi connectivity index (χ4n) is 4.06. The number of hydrogen-bond donors (Lipinski definition) is 0. The Bertz CT molecular complexity index is 1050. The van der Waals surface area contributed by atoms with Crippen molar-refractivity contribution in [1.29, 1.82) is 0 Å². The molecule has 5 rings (SSSR count). The largest absolute Gasteiger partial charge is 0.454 e. The van der Waals surface area contributed by atoms with Crippen LogP contribution in [0.5, 0.6) is 11.5 Å². The first kappa shape index (κ1) is 19.2. The van der Waals surface area contributed by atoms with Gasteiger partial charge in [-0.3, -0.25) is 4.79 Å². The van der Waals surface area contributed by atoms with Crippen molar-refractivity contribution < 1.29 is 22.7 Å². The Labute approximate surface area is 175 Å².